The van der Waals surface area contributed by atoms with Crippen molar-refractivity contribution in [1.29, 1.82) is 0 Å². The van der Waals surface area contributed by atoms with Gasteiger partial charge in [-0.2, -0.15) is 0 Å². The fraction of sp³-hybridized carbons (Fsp3) is 0.474. The van der Waals surface area contributed by atoms with E-state index in [0.717, 1.165) is 27.8 Å². The predicted molar refractivity (Wildman–Crippen MR) is 180 cm³/mol. The molecule has 0 aromatic heterocycles. The average molecular weight is 645 g/mol. The summed E-state index contributed by atoms with van der Waals surface area (Å²) in [5.41, 5.74) is 3.12. The highest BCUT2D eigenvalue weighted by Gasteiger charge is 2.55. The minimum Gasteiger partial charge on any atom is -0.496 e. The molecule has 5 rings (SSSR count). The van der Waals surface area contributed by atoms with E-state index in [4.69, 9.17) is 23.7 Å². The molecule has 0 radical (unpaired) electrons. The van der Waals surface area contributed by atoms with Crippen LogP contribution in [0.25, 0.3) is 0 Å². The molecule has 0 spiro atoms. The zero-order valence-electron chi connectivity index (χ0n) is 29.1. The SMILES string of the molecule is COc1c(C)c(OC)c(OCc2ccccc2)c2c1C[C@@H](C(=O)OC(C)(C)C)N(Cc1ccccc1)[C@H]2[C@@H]1CN1C(=O)OC(C)(C)C. The van der Waals surface area contributed by atoms with Gasteiger partial charge < -0.3 is 23.7 Å². The van der Waals surface area contributed by atoms with E-state index in [1.54, 1.807) is 19.1 Å². The summed E-state index contributed by atoms with van der Waals surface area (Å²) in [5, 5.41) is 0. The summed E-state index contributed by atoms with van der Waals surface area (Å²) in [6.07, 6.45) is -0.0801. The minimum absolute atomic E-state index is 0.302. The Kier molecular flexibility index (Phi) is 9.78. The Bertz CT molecular complexity index is 1580. The molecule has 47 heavy (non-hydrogen) atoms. The summed E-state index contributed by atoms with van der Waals surface area (Å²) < 4.78 is 30.6. The van der Waals surface area contributed by atoms with Gasteiger partial charge in [-0.15, -0.1) is 0 Å². The molecular formula is C38H48N2O7. The number of fused-ring (bicyclic) bond motifs is 1. The molecule has 3 atom stereocenters. The number of carbonyl (C=O) groups is 2. The third kappa shape index (κ3) is 7.67. The molecule has 0 saturated carbocycles. The largest absolute Gasteiger partial charge is 0.496 e. The van der Waals surface area contributed by atoms with Crippen LogP contribution in [0.1, 0.15) is 75.4 Å². The summed E-state index contributed by atoms with van der Waals surface area (Å²) >= 11 is 0. The van der Waals surface area contributed by atoms with Gasteiger partial charge in [0.25, 0.3) is 0 Å². The van der Waals surface area contributed by atoms with Gasteiger partial charge in [-0.3, -0.25) is 14.6 Å². The number of carbonyl (C=O) groups excluding carboxylic acids is 2. The van der Waals surface area contributed by atoms with Crippen molar-refractivity contribution < 1.29 is 33.3 Å². The highest BCUT2D eigenvalue weighted by molar-refractivity contribution is 5.79. The van der Waals surface area contributed by atoms with Gasteiger partial charge in [-0.1, -0.05) is 60.7 Å². The lowest BCUT2D eigenvalue weighted by atomic mass is 9.83. The number of nitrogens with zero attached hydrogens (tertiary/aromatic N) is 2. The molecule has 2 aliphatic rings. The summed E-state index contributed by atoms with van der Waals surface area (Å²) in [6, 6.07) is 18.5. The van der Waals surface area contributed by atoms with Crippen LogP contribution in [-0.2, 0) is 33.8 Å². The fourth-order valence-electron chi connectivity index (χ4n) is 6.42. The van der Waals surface area contributed by atoms with E-state index >= 15 is 0 Å². The van der Waals surface area contributed by atoms with Crippen LogP contribution >= 0.6 is 0 Å². The normalized spacial score (nSPS) is 19.4. The van der Waals surface area contributed by atoms with Crippen LogP contribution in [0.2, 0.25) is 0 Å². The molecule has 1 amide bonds. The molecule has 252 valence electrons. The third-order valence-corrected chi connectivity index (χ3v) is 8.35. The quantitative estimate of drug-likeness (QED) is 0.182. The Morgan fingerprint density at radius 3 is 1.91 bits per heavy atom. The number of hydrogen-bond donors (Lipinski definition) is 0. The third-order valence-electron chi connectivity index (χ3n) is 8.35. The maximum Gasteiger partial charge on any atom is 0.410 e. The summed E-state index contributed by atoms with van der Waals surface area (Å²) in [5.74, 6) is 1.43. The number of amides is 1. The van der Waals surface area contributed by atoms with E-state index in [0.29, 0.717) is 43.4 Å². The lowest BCUT2D eigenvalue weighted by Crippen LogP contribution is -2.52. The molecule has 1 saturated heterocycles. The van der Waals surface area contributed by atoms with Crippen LogP contribution in [0.5, 0.6) is 17.2 Å². The smallest absolute Gasteiger partial charge is 0.410 e. The predicted octanol–water partition coefficient (Wildman–Crippen LogP) is 7.02. The first-order chi connectivity index (χ1) is 22.2. The number of ether oxygens (including phenoxy) is 5. The van der Waals surface area contributed by atoms with Crippen LogP contribution in [0, 0.1) is 6.92 Å². The van der Waals surface area contributed by atoms with Crippen LogP contribution in [0.4, 0.5) is 4.79 Å². The van der Waals surface area contributed by atoms with E-state index in [-0.39, 0.29) is 12.0 Å². The number of benzene rings is 3. The first-order valence-corrected chi connectivity index (χ1v) is 16.2. The highest BCUT2D eigenvalue weighted by Crippen LogP contribution is 2.54. The Hall–Kier alpha value is -4.24. The van der Waals surface area contributed by atoms with Crippen molar-refractivity contribution in [1.82, 2.24) is 9.80 Å². The van der Waals surface area contributed by atoms with Crippen LogP contribution in [-0.4, -0.2) is 65.9 Å². The van der Waals surface area contributed by atoms with Crippen LogP contribution in [0.15, 0.2) is 60.7 Å². The van der Waals surface area contributed by atoms with E-state index in [1.165, 1.54) is 0 Å². The molecule has 0 unspecified atom stereocenters. The molecule has 0 aliphatic carbocycles. The average Bonchev–Trinajstić information content (AvgIpc) is 3.80. The van der Waals surface area contributed by atoms with Crippen molar-refractivity contribution >= 4 is 12.1 Å². The van der Waals surface area contributed by atoms with Gasteiger partial charge in [-0.05, 0) is 59.6 Å². The van der Waals surface area contributed by atoms with Crippen molar-refractivity contribution in [3.63, 3.8) is 0 Å². The Labute approximate surface area is 278 Å². The van der Waals surface area contributed by atoms with Crippen molar-refractivity contribution in [3.8, 4) is 17.2 Å². The van der Waals surface area contributed by atoms with Gasteiger partial charge in [0.2, 0.25) is 0 Å². The molecular weight excluding hydrogens is 596 g/mol. The second-order valence-corrected chi connectivity index (χ2v) is 14.2. The van der Waals surface area contributed by atoms with Gasteiger partial charge in [0.15, 0.2) is 11.5 Å². The second-order valence-electron chi connectivity index (χ2n) is 14.2. The van der Waals surface area contributed by atoms with E-state index in [2.05, 4.69) is 4.90 Å². The van der Waals surface area contributed by atoms with Crippen molar-refractivity contribution in [2.45, 2.75) is 97.4 Å². The van der Waals surface area contributed by atoms with Gasteiger partial charge in [0.1, 0.15) is 29.6 Å². The topological polar surface area (TPSA) is 86.5 Å². The minimum atomic E-state index is -0.697. The number of rotatable bonds is 9. The number of hydrogen-bond acceptors (Lipinski definition) is 8. The number of esters is 1. The highest BCUT2D eigenvalue weighted by atomic mass is 16.6. The Morgan fingerprint density at radius 1 is 0.787 bits per heavy atom. The molecule has 9 nitrogen and oxygen atoms in total. The summed E-state index contributed by atoms with van der Waals surface area (Å²) in [7, 11) is 3.25. The molecule has 9 heteroatoms. The Balaban J connectivity index is 1.72. The lowest BCUT2D eigenvalue weighted by Gasteiger charge is -2.44. The van der Waals surface area contributed by atoms with Gasteiger partial charge in [0.05, 0.1) is 26.3 Å². The molecule has 0 N–H and O–H groups in total. The maximum atomic E-state index is 14.2. The number of methoxy groups -OCH3 is 2. The monoisotopic (exact) mass is 644 g/mol. The Morgan fingerprint density at radius 2 is 1.36 bits per heavy atom. The first-order valence-electron chi connectivity index (χ1n) is 16.2. The second kappa shape index (κ2) is 13.5. The molecule has 3 aromatic carbocycles. The van der Waals surface area contributed by atoms with Crippen LogP contribution < -0.4 is 14.2 Å². The van der Waals surface area contributed by atoms with Gasteiger partial charge >= 0.3 is 12.1 Å². The molecule has 3 aromatic rings. The van der Waals surface area contributed by atoms with Crippen molar-refractivity contribution in [2.24, 2.45) is 0 Å². The standard InChI is InChI=1S/C38H48N2O7/c1-24-32(43-8)27-20-28(35(41)46-37(2,3)4)39(21-25-16-12-10-13-17-25)31(29-22-40(29)36(42)47-38(5,6)7)30(27)34(33(24)44-9)45-23-26-18-14-11-15-19-26/h10-19,28-29,31H,20-23H2,1-9H3/t28-,29-,31-,40?/m0/s1. The maximum absolute atomic E-state index is 14.2. The zero-order chi connectivity index (χ0) is 34.1. The molecule has 2 heterocycles. The molecule has 2 aliphatic heterocycles. The van der Waals surface area contributed by atoms with E-state index < -0.39 is 29.4 Å². The van der Waals surface area contributed by atoms with Crippen molar-refractivity contribution in [2.75, 3.05) is 20.8 Å². The van der Waals surface area contributed by atoms with Crippen molar-refractivity contribution in [3.05, 3.63) is 88.5 Å². The molecule has 0 bridgehead atoms. The zero-order valence-corrected chi connectivity index (χ0v) is 29.1. The molecule has 1 fully saturated rings. The summed E-state index contributed by atoms with van der Waals surface area (Å²) in [6.45, 7) is 14.3. The van der Waals surface area contributed by atoms with E-state index in [9.17, 15) is 9.59 Å². The van der Waals surface area contributed by atoms with Crippen LogP contribution in [0.3, 0.4) is 0 Å². The summed E-state index contributed by atoms with van der Waals surface area (Å²) in [4.78, 5) is 31.5. The first kappa shape index (κ1) is 34.1. The van der Waals surface area contributed by atoms with Gasteiger partial charge in [0, 0.05) is 36.2 Å². The fourth-order valence-corrected chi connectivity index (χ4v) is 6.42. The van der Waals surface area contributed by atoms with E-state index in [1.807, 2.05) is 109 Å². The lowest BCUT2D eigenvalue weighted by molar-refractivity contribution is -0.163. The van der Waals surface area contributed by atoms with Gasteiger partial charge in [-0.25, -0.2) is 4.79 Å².